The van der Waals surface area contributed by atoms with Crippen molar-refractivity contribution in [3.8, 4) is 0 Å². The molecule has 1 unspecified atom stereocenters. The first kappa shape index (κ1) is 13.6. The summed E-state index contributed by atoms with van der Waals surface area (Å²) in [5.41, 5.74) is 8.04. The number of aliphatic hydroxyl groups is 1. The number of aliphatic hydroxyl groups excluding tert-OH is 1. The molecule has 1 nitrogen and oxygen atoms in total. The van der Waals surface area contributed by atoms with Crippen molar-refractivity contribution < 1.29 is 5.11 Å². The van der Waals surface area contributed by atoms with Crippen molar-refractivity contribution in [2.24, 2.45) is 11.3 Å². The van der Waals surface area contributed by atoms with Crippen molar-refractivity contribution in [3.63, 3.8) is 0 Å². The SMILES string of the molecule is CCc1ccc2c(c1)CCC1=C2CC[C@]2(C)C(O)CC[C@@H]12. The van der Waals surface area contributed by atoms with E-state index in [2.05, 4.69) is 32.0 Å². The van der Waals surface area contributed by atoms with E-state index in [4.69, 9.17) is 0 Å². The lowest BCUT2D eigenvalue weighted by molar-refractivity contribution is 0.0379. The van der Waals surface area contributed by atoms with Crippen molar-refractivity contribution in [1.29, 1.82) is 0 Å². The summed E-state index contributed by atoms with van der Waals surface area (Å²) < 4.78 is 0. The molecule has 1 aromatic carbocycles. The molecule has 0 heterocycles. The number of hydrogen-bond donors (Lipinski definition) is 1. The van der Waals surface area contributed by atoms with E-state index in [9.17, 15) is 5.11 Å². The van der Waals surface area contributed by atoms with E-state index >= 15 is 0 Å². The van der Waals surface area contributed by atoms with Gasteiger partial charge in [-0.1, -0.05) is 37.6 Å². The fourth-order valence-corrected chi connectivity index (χ4v) is 5.16. The van der Waals surface area contributed by atoms with Crippen LogP contribution in [-0.4, -0.2) is 11.2 Å². The Hall–Kier alpha value is -1.08. The zero-order valence-corrected chi connectivity index (χ0v) is 13.3. The van der Waals surface area contributed by atoms with Gasteiger partial charge in [-0.05, 0) is 73.1 Å². The molecule has 0 aromatic heterocycles. The second-order valence-corrected chi connectivity index (χ2v) is 7.50. The molecule has 1 fully saturated rings. The van der Waals surface area contributed by atoms with Gasteiger partial charge in [0.15, 0.2) is 0 Å². The summed E-state index contributed by atoms with van der Waals surface area (Å²) in [6.45, 7) is 4.57. The third-order valence-corrected chi connectivity index (χ3v) is 6.57. The number of fused-ring (bicyclic) bond motifs is 4. The maximum Gasteiger partial charge on any atom is 0.0599 e. The lowest BCUT2D eigenvalue weighted by Gasteiger charge is -2.43. The van der Waals surface area contributed by atoms with Gasteiger partial charge in [-0.25, -0.2) is 0 Å². The van der Waals surface area contributed by atoms with Crippen molar-refractivity contribution in [2.45, 2.75) is 64.9 Å². The Kier molecular flexibility index (Phi) is 3.04. The predicted octanol–water partition coefficient (Wildman–Crippen LogP) is 4.52. The molecule has 0 radical (unpaired) electrons. The fourth-order valence-electron chi connectivity index (χ4n) is 5.16. The smallest absolute Gasteiger partial charge is 0.0599 e. The van der Waals surface area contributed by atoms with Crippen LogP contribution < -0.4 is 0 Å². The zero-order valence-electron chi connectivity index (χ0n) is 13.3. The number of hydrogen-bond acceptors (Lipinski definition) is 1. The molecular formula is C20H26O. The maximum atomic E-state index is 10.4. The maximum absolute atomic E-state index is 10.4. The minimum atomic E-state index is -0.0829. The molecule has 1 heteroatoms. The van der Waals surface area contributed by atoms with E-state index in [1.54, 1.807) is 16.7 Å². The standard InChI is InChI=1S/C20H26O/c1-3-13-4-6-15-14(12-13)5-7-17-16(15)10-11-20(2)18(17)8-9-19(20)21/h4,6,12,18-19,21H,3,5,7-11H2,1-2H3/t18-,19?,20-/m0/s1. The van der Waals surface area contributed by atoms with Crippen molar-refractivity contribution in [3.05, 3.63) is 40.5 Å². The quantitative estimate of drug-likeness (QED) is 0.803. The van der Waals surface area contributed by atoms with Gasteiger partial charge in [0.25, 0.3) is 0 Å². The van der Waals surface area contributed by atoms with Gasteiger partial charge in [0.05, 0.1) is 6.10 Å². The molecule has 0 spiro atoms. The summed E-state index contributed by atoms with van der Waals surface area (Å²) in [6, 6.07) is 7.11. The Labute approximate surface area is 128 Å². The fraction of sp³-hybridized carbons (Fsp3) is 0.600. The topological polar surface area (TPSA) is 20.2 Å². The number of allylic oxidation sites excluding steroid dienone is 2. The van der Waals surface area contributed by atoms with Crippen LogP contribution in [0.15, 0.2) is 23.8 Å². The number of rotatable bonds is 1. The molecule has 3 atom stereocenters. The predicted molar refractivity (Wildman–Crippen MR) is 87.1 cm³/mol. The Bertz CT molecular complexity index is 612. The third-order valence-electron chi connectivity index (χ3n) is 6.57. The molecule has 0 saturated heterocycles. The average molecular weight is 282 g/mol. The van der Waals surface area contributed by atoms with Gasteiger partial charge in [0.2, 0.25) is 0 Å². The van der Waals surface area contributed by atoms with Crippen molar-refractivity contribution >= 4 is 5.57 Å². The van der Waals surface area contributed by atoms with Gasteiger partial charge < -0.3 is 5.11 Å². The average Bonchev–Trinajstić information content (AvgIpc) is 2.82. The van der Waals surface area contributed by atoms with Crippen LogP contribution in [-0.2, 0) is 12.8 Å². The summed E-state index contributed by atoms with van der Waals surface area (Å²) in [4.78, 5) is 0. The van der Waals surface area contributed by atoms with Gasteiger partial charge in [-0.15, -0.1) is 0 Å². The molecule has 0 amide bonds. The van der Waals surface area contributed by atoms with E-state index in [-0.39, 0.29) is 11.5 Å². The molecule has 112 valence electrons. The molecule has 3 aliphatic carbocycles. The van der Waals surface area contributed by atoms with Gasteiger partial charge in [0, 0.05) is 5.41 Å². The summed E-state index contributed by atoms with van der Waals surface area (Å²) >= 11 is 0. The summed E-state index contributed by atoms with van der Waals surface area (Å²) in [5, 5.41) is 10.4. The van der Waals surface area contributed by atoms with E-state index in [0.29, 0.717) is 5.92 Å². The second-order valence-electron chi connectivity index (χ2n) is 7.50. The highest BCUT2D eigenvalue weighted by molar-refractivity contribution is 5.75. The summed E-state index contributed by atoms with van der Waals surface area (Å²) in [5.74, 6) is 0.634. The Morgan fingerprint density at radius 1 is 1.19 bits per heavy atom. The minimum Gasteiger partial charge on any atom is -0.393 e. The minimum absolute atomic E-state index is 0.0829. The van der Waals surface area contributed by atoms with Crippen LogP contribution in [0.25, 0.3) is 5.57 Å². The van der Waals surface area contributed by atoms with Crippen molar-refractivity contribution in [1.82, 2.24) is 0 Å². The second kappa shape index (κ2) is 4.71. The van der Waals surface area contributed by atoms with E-state index < -0.39 is 0 Å². The molecule has 1 N–H and O–H groups in total. The highest BCUT2D eigenvalue weighted by Gasteiger charge is 2.50. The molecule has 3 aliphatic rings. The molecule has 21 heavy (non-hydrogen) atoms. The van der Waals surface area contributed by atoms with Gasteiger partial charge in [-0.3, -0.25) is 0 Å². The monoisotopic (exact) mass is 282 g/mol. The first-order valence-electron chi connectivity index (χ1n) is 8.65. The Morgan fingerprint density at radius 3 is 2.86 bits per heavy atom. The van der Waals surface area contributed by atoms with Gasteiger partial charge in [0.1, 0.15) is 0 Å². The molecule has 1 aromatic rings. The first-order valence-corrected chi connectivity index (χ1v) is 8.65. The third kappa shape index (κ3) is 1.86. The molecule has 4 rings (SSSR count). The number of benzene rings is 1. The van der Waals surface area contributed by atoms with Gasteiger partial charge >= 0.3 is 0 Å². The molecule has 0 aliphatic heterocycles. The van der Waals surface area contributed by atoms with Crippen LogP contribution in [0.4, 0.5) is 0 Å². The highest BCUT2D eigenvalue weighted by Crippen LogP contribution is 2.57. The number of aryl methyl sites for hydroxylation is 2. The first-order chi connectivity index (χ1) is 10.1. The normalized spacial score (nSPS) is 34.4. The van der Waals surface area contributed by atoms with E-state index in [1.807, 2.05) is 0 Å². The Morgan fingerprint density at radius 2 is 2.05 bits per heavy atom. The molecular weight excluding hydrogens is 256 g/mol. The van der Waals surface area contributed by atoms with Crippen LogP contribution in [0.1, 0.15) is 62.6 Å². The van der Waals surface area contributed by atoms with Crippen LogP contribution in [0.2, 0.25) is 0 Å². The van der Waals surface area contributed by atoms with Crippen LogP contribution >= 0.6 is 0 Å². The van der Waals surface area contributed by atoms with Crippen LogP contribution in [0, 0.1) is 11.3 Å². The van der Waals surface area contributed by atoms with Crippen LogP contribution in [0.3, 0.4) is 0 Å². The van der Waals surface area contributed by atoms with Crippen molar-refractivity contribution in [2.75, 3.05) is 0 Å². The highest BCUT2D eigenvalue weighted by atomic mass is 16.3. The lowest BCUT2D eigenvalue weighted by Crippen LogP contribution is -2.37. The van der Waals surface area contributed by atoms with E-state index in [0.717, 1.165) is 25.7 Å². The molecule has 1 saturated carbocycles. The molecule has 0 bridgehead atoms. The zero-order chi connectivity index (χ0) is 14.6. The largest absolute Gasteiger partial charge is 0.393 e. The Balaban J connectivity index is 1.79. The van der Waals surface area contributed by atoms with Gasteiger partial charge in [-0.2, -0.15) is 0 Å². The van der Waals surface area contributed by atoms with Crippen LogP contribution in [0.5, 0.6) is 0 Å². The summed E-state index contributed by atoms with van der Waals surface area (Å²) in [6.07, 6.45) is 7.99. The lowest BCUT2D eigenvalue weighted by atomic mass is 9.62. The van der Waals surface area contributed by atoms with E-state index in [1.165, 1.54) is 30.4 Å². The summed E-state index contributed by atoms with van der Waals surface area (Å²) in [7, 11) is 0.